The number of hydrogen-bond donors (Lipinski definition) is 0. The lowest BCUT2D eigenvalue weighted by Crippen LogP contribution is -1.83. The van der Waals surface area contributed by atoms with Gasteiger partial charge >= 0.3 is 0 Å². The molecule has 60 valence electrons. The Bertz CT molecular complexity index is 265. The summed E-state index contributed by atoms with van der Waals surface area (Å²) in [6, 6.07) is 9.47. The van der Waals surface area contributed by atoms with Crippen molar-refractivity contribution in [2.24, 2.45) is 0 Å². The van der Waals surface area contributed by atoms with Crippen molar-refractivity contribution in [1.82, 2.24) is 0 Å². The number of para-hydroxylation sites is 1. The summed E-state index contributed by atoms with van der Waals surface area (Å²) >= 11 is 5.85. The number of benzene rings is 1. The van der Waals surface area contributed by atoms with Crippen molar-refractivity contribution in [3.8, 4) is 5.75 Å². The standard InChI is InChI=1S/C8H10ClOP/c1-11(2,9)10-8-6-4-3-5-7-8/h3-7H,1H2,2H3. The summed E-state index contributed by atoms with van der Waals surface area (Å²) in [5.41, 5.74) is 0. The molecule has 0 saturated heterocycles. The van der Waals surface area contributed by atoms with Gasteiger partial charge < -0.3 is 4.52 Å². The van der Waals surface area contributed by atoms with Gasteiger partial charge in [0.15, 0.2) is 0 Å². The molecule has 0 aliphatic heterocycles. The van der Waals surface area contributed by atoms with Crippen LogP contribution in [-0.2, 0) is 0 Å². The van der Waals surface area contributed by atoms with E-state index >= 15 is 0 Å². The molecule has 3 heteroatoms. The minimum absolute atomic E-state index is 0.785. The molecular weight excluding hydrogens is 179 g/mol. The quantitative estimate of drug-likeness (QED) is 0.648. The predicted molar refractivity (Wildman–Crippen MR) is 52.9 cm³/mol. The van der Waals surface area contributed by atoms with Crippen LogP contribution >= 0.6 is 17.7 Å². The molecule has 0 amide bonds. The third-order valence-corrected chi connectivity index (χ3v) is 1.84. The Hall–Kier alpha value is -0.390. The molecule has 1 unspecified atom stereocenters. The lowest BCUT2D eigenvalue weighted by Gasteiger charge is -2.12. The fourth-order valence-corrected chi connectivity index (χ4v) is 1.50. The lowest BCUT2D eigenvalue weighted by molar-refractivity contribution is 0.628. The van der Waals surface area contributed by atoms with Crippen molar-refractivity contribution in [3.63, 3.8) is 0 Å². The third kappa shape index (κ3) is 3.50. The summed E-state index contributed by atoms with van der Waals surface area (Å²) in [4.78, 5) is 0. The van der Waals surface area contributed by atoms with E-state index in [9.17, 15) is 0 Å². The first kappa shape index (κ1) is 8.70. The largest absolute Gasteiger partial charge is 0.463 e. The number of halogens is 1. The van der Waals surface area contributed by atoms with Crippen LogP contribution in [0.3, 0.4) is 0 Å². The molecular formula is C8H10ClOP. The molecule has 1 atom stereocenters. The van der Waals surface area contributed by atoms with E-state index in [0.29, 0.717) is 0 Å². The zero-order valence-electron chi connectivity index (χ0n) is 6.33. The molecule has 0 saturated carbocycles. The Kier molecular flexibility index (Phi) is 2.64. The van der Waals surface area contributed by atoms with Crippen molar-refractivity contribution in [1.29, 1.82) is 0 Å². The monoisotopic (exact) mass is 188 g/mol. The molecule has 0 aromatic heterocycles. The Labute approximate surface area is 71.8 Å². The summed E-state index contributed by atoms with van der Waals surface area (Å²) in [6.07, 6.45) is 3.72. The first-order valence-electron chi connectivity index (χ1n) is 3.23. The van der Waals surface area contributed by atoms with Gasteiger partial charge in [0, 0.05) is 6.66 Å². The molecule has 1 aromatic rings. The van der Waals surface area contributed by atoms with Gasteiger partial charge in [-0.15, -0.1) is 0 Å². The third-order valence-electron chi connectivity index (χ3n) is 1.04. The van der Waals surface area contributed by atoms with Gasteiger partial charge in [0.05, 0.1) is 0 Å². The summed E-state index contributed by atoms with van der Waals surface area (Å²) in [5.74, 6) is 0.785. The van der Waals surface area contributed by atoms with Gasteiger partial charge in [0.1, 0.15) is 12.2 Å². The predicted octanol–water partition coefficient (Wildman–Crippen LogP) is 3.21. The van der Waals surface area contributed by atoms with Crippen molar-refractivity contribution in [2.45, 2.75) is 0 Å². The fourth-order valence-electron chi connectivity index (χ4n) is 0.701. The van der Waals surface area contributed by atoms with Crippen LogP contribution in [0.4, 0.5) is 0 Å². The maximum atomic E-state index is 5.85. The van der Waals surface area contributed by atoms with Gasteiger partial charge in [-0.2, -0.15) is 0 Å². The molecule has 11 heavy (non-hydrogen) atoms. The van der Waals surface area contributed by atoms with Crippen molar-refractivity contribution < 1.29 is 4.52 Å². The van der Waals surface area contributed by atoms with E-state index in [1.54, 1.807) is 0 Å². The van der Waals surface area contributed by atoms with Crippen LogP contribution in [0.15, 0.2) is 30.3 Å². The summed E-state index contributed by atoms with van der Waals surface area (Å²) in [6.45, 7) is -0.108. The topological polar surface area (TPSA) is 9.23 Å². The molecule has 1 rings (SSSR count). The van der Waals surface area contributed by atoms with Crippen LogP contribution in [-0.4, -0.2) is 13.0 Å². The highest BCUT2D eigenvalue weighted by Gasteiger charge is 2.02. The first-order valence-corrected chi connectivity index (χ1v) is 6.47. The van der Waals surface area contributed by atoms with E-state index in [1.165, 1.54) is 0 Å². The highest BCUT2D eigenvalue weighted by molar-refractivity contribution is 7.92. The van der Waals surface area contributed by atoms with Gasteiger partial charge in [-0.3, -0.25) is 0 Å². The molecule has 0 radical (unpaired) electrons. The SMILES string of the molecule is C=P(C)(Cl)Oc1ccccc1. The Morgan fingerprint density at radius 1 is 1.36 bits per heavy atom. The van der Waals surface area contributed by atoms with Crippen LogP contribution in [0.25, 0.3) is 0 Å². The number of hydrogen-bond acceptors (Lipinski definition) is 1. The average Bonchev–Trinajstić information content (AvgIpc) is 1.85. The molecule has 0 fully saturated rings. The molecule has 1 nitrogen and oxygen atoms in total. The van der Waals surface area contributed by atoms with Crippen LogP contribution in [0.2, 0.25) is 0 Å². The second-order valence-electron chi connectivity index (χ2n) is 2.39. The highest BCUT2D eigenvalue weighted by Crippen LogP contribution is 2.47. The molecule has 1 aromatic carbocycles. The first-order chi connectivity index (χ1) is 5.08. The average molecular weight is 189 g/mol. The molecule has 0 aliphatic rings. The second kappa shape index (κ2) is 3.34. The zero-order chi connectivity index (χ0) is 8.32. The highest BCUT2D eigenvalue weighted by atomic mass is 35.7. The molecule has 0 aliphatic carbocycles. The fraction of sp³-hybridized carbons (Fsp3) is 0.125. The van der Waals surface area contributed by atoms with Gasteiger partial charge in [-0.25, -0.2) is 0 Å². The maximum absolute atomic E-state index is 5.85. The van der Waals surface area contributed by atoms with Gasteiger partial charge in [-0.1, -0.05) is 35.7 Å². The zero-order valence-corrected chi connectivity index (χ0v) is 7.98. The van der Waals surface area contributed by atoms with E-state index in [1.807, 2.05) is 37.0 Å². The maximum Gasteiger partial charge on any atom is 0.129 e. The minimum atomic E-state index is -1.92. The van der Waals surface area contributed by atoms with Gasteiger partial charge in [0.2, 0.25) is 0 Å². The minimum Gasteiger partial charge on any atom is -0.463 e. The van der Waals surface area contributed by atoms with Crippen molar-refractivity contribution >= 4 is 24.0 Å². The van der Waals surface area contributed by atoms with Crippen LogP contribution in [0.5, 0.6) is 5.75 Å². The molecule has 0 bridgehead atoms. The summed E-state index contributed by atoms with van der Waals surface area (Å²) < 4.78 is 5.37. The van der Waals surface area contributed by atoms with Crippen molar-refractivity contribution in [3.05, 3.63) is 30.3 Å². The number of rotatable bonds is 2. The molecule has 0 N–H and O–H groups in total. The Balaban J connectivity index is 2.74. The summed E-state index contributed by atoms with van der Waals surface area (Å²) in [7, 11) is 0. The van der Waals surface area contributed by atoms with Gasteiger partial charge in [0.25, 0.3) is 0 Å². The van der Waals surface area contributed by atoms with Crippen LogP contribution < -0.4 is 4.52 Å². The summed E-state index contributed by atoms with van der Waals surface area (Å²) in [5, 5.41) is 0. The van der Waals surface area contributed by atoms with Crippen LogP contribution in [0.1, 0.15) is 0 Å². The van der Waals surface area contributed by atoms with Crippen LogP contribution in [0, 0.1) is 0 Å². The van der Waals surface area contributed by atoms with E-state index in [4.69, 9.17) is 15.8 Å². The van der Waals surface area contributed by atoms with E-state index in [-0.39, 0.29) is 0 Å². The second-order valence-corrected chi connectivity index (χ2v) is 6.69. The van der Waals surface area contributed by atoms with E-state index in [0.717, 1.165) is 5.75 Å². The normalized spacial score (nSPS) is 15.5. The lowest BCUT2D eigenvalue weighted by atomic mass is 10.3. The Morgan fingerprint density at radius 2 is 1.91 bits per heavy atom. The molecule has 0 heterocycles. The molecule has 0 spiro atoms. The Morgan fingerprint density at radius 3 is 2.36 bits per heavy atom. The van der Waals surface area contributed by atoms with E-state index < -0.39 is 6.47 Å². The van der Waals surface area contributed by atoms with Gasteiger partial charge in [-0.05, 0) is 12.1 Å². The smallest absolute Gasteiger partial charge is 0.129 e. The van der Waals surface area contributed by atoms with Crippen molar-refractivity contribution in [2.75, 3.05) is 6.66 Å². The van der Waals surface area contributed by atoms with E-state index in [2.05, 4.69) is 6.30 Å².